The molecule has 0 amide bonds. The summed E-state index contributed by atoms with van der Waals surface area (Å²) >= 11 is 0. The molecule has 1 fully saturated rings. The van der Waals surface area contributed by atoms with Crippen molar-refractivity contribution in [2.24, 2.45) is 0 Å². The second kappa shape index (κ2) is 7.90. The van der Waals surface area contributed by atoms with Gasteiger partial charge in [0.1, 0.15) is 0 Å². The van der Waals surface area contributed by atoms with Crippen molar-refractivity contribution in [3.63, 3.8) is 0 Å². The fourth-order valence-electron chi connectivity index (χ4n) is 3.37. The number of benzene rings is 2. The summed E-state index contributed by atoms with van der Waals surface area (Å²) in [5.74, 6) is 0. The highest BCUT2D eigenvalue weighted by Gasteiger charge is 2.42. The molecule has 1 aliphatic rings. The molecule has 128 valence electrons. The summed E-state index contributed by atoms with van der Waals surface area (Å²) in [5, 5.41) is 10.5. The summed E-state index contributed by atoms with van der Waals surface area (Å²) in [7, 11) is 1.63. The third-order valence-electron chi connectivity index (χ3n) is 4.71. The molecule has 0 aliphatic carbocycles. The van der Waals surface area contributed by atoms with E-state index in [4.69, 9.17) is 9.47 Å². The molecule has 4 atom stereocenters. The molecule has 0 bridgehead atoms. The molecule has 1 N–H and O–H groups in total. The van der Waals surface area contributed by atoms with Crippen LogP contribution in [0.2, 0.25) is 0 Å². The lowest BCUT2D eigenvalue weighted by atomic mass is 10.0. The molecule has 0 aromatic heterocycles. The zero-order chi connectivity index (χ0) is 16.9. The number of ether oxygens (including phenoxy) is 2. The summed E-state index contributed by atoms with van der Waals surface area (Å²) < 4.78 is 11.1. The number of hydrogen-bond acceptors (Lipinski definition) is 4. The highest BCUT2D eigenvalue weighted by atomic mass is 16.7. The minimum absolute atomic E-state index is 0.130. The van der Waals surface area contributed by atoms with Crippen LogP contribution in [0.3, 0.4) is 0 Å². The van der Waals surface area contributed by atoms with Gasteiger partial charge in [0.25, 0.3) is 0 Å². The van der Waals surface area contributed by atoms with Crippen LogP contribution < -0.4 is 0 Å². The standard InChI is InChI=1S/C20H25NO3/c1-15(17-11-7-4-8-12-17)21(13-16-9-5-3-6-10-16)19-18(22)14-24-20(19)23-2/h3-12,15,18-20,22H,13-14H2,1-2H3/t15-,18+,19+,20+/m1/s1. The molecule has 4 nitrogen and oxygen atoms in total. The van der Waals surface area contributed by atoms with Crippen molar-refractivity contribution in [3.05, 3.63) is 71.8 Å². The Morgan fingerprint density at radius 3 is 2.38 bits per heavy atom. The highest BCUT2D eigenvalue weighted by molar-refractivity contribution is 5.21. The molecule has 2 aromatic carbocycles. The van der Waals surface area contributed by atoms with Crippen LogP contribution in [-0.2, 0) is 16.0 Å². The van der Waals surface area contributed by atoms with Crippen molar-refractivity contribution >= 4 is 0 Å². The molecule has 4 heteroatoms. The SMILES string of the molecule is CO[C@H]1OC[C@H](O)[C@@H]1N(Cc1ccccc1)[C@H](C)c1ccccc1. The van der Waals surface area contributed by atoms with E-state index in [2.05, 4.69) is 36.1 Å². The van der Waals surface area contributed by atoms with Crippen LogP contribution in [0.15, 0.2) is 60.7 Å². The van der Waals surface area contributed by atoms with E-state index < -0.39 is 12.4 Å². The predicted octanol–water partition coefficient (Wildman–Crippen LogP) is 2.98. The second-order valence-corrected chi connectivity index (χ2v) is 6.24. The van der Waals surface area contributed by atoms with Crippen molar-refractivity contribution < 1.29 is 14.6 Å². The summed E-state index contributed by atoms with van der Waals surface area (Å²) in [6.45, 7) is 3.19. The number of aliphatic hydroxyl groups excluding tert-OH is 1. The van der Waals surface area contributed by atoms with Crippen molar-refractivity contribution in [1.29, 1.82) is 0 Å². The van der Waals surface area contributed by atoms with Crippen LogP contribution in [0.1, 0.15) is 24.1 Å². The Morgan fingerprint density at radius 2 is 1.75 bits per heavy atom. The largest absolute Gasteiger partial charge is 0.389 e. The first-order valence-electron chi connectivity index (χ1n) is 8.38. The van der Waals surface area contributed by atoms with Gasteiger partial charge in [-0.25, -0.2) is 0 Å². The zero-order valence-electron chi connectivity index (χ0n) is 14.2. The van der Waals surface area contributed by atoms with E-state index in [9.17, 15) is 5.11 Å². The van der Waals surface area contributed by atoms with Gasteiger partial charge >= 0.3 is 0 Å². The average molecular weight is 327 g/mol. The van der Waals surface area contributed by atoms with Gasteiger partial charge in [0.2, 0.25) is 0 Å². The van der Waals surface area contributed by atoms with E-state index in [-0.39, 0.29) is 12.1 Å². The monoisotopic (exact) mass is 327 g/mol. The molecular formula is C20H25NO3. The lowest BCUT2D eigenvalue weighted by molar-refractivity contribution is -0.127. The summed E-state index contributed by atoms with van der Waals surface area (Å²) in [6.07, 6.45) is -0.986. The summed E-state index contributed by atoms with van der Waals surface area (Å²) in [4.78, 5) is 2.27. The van der Waals surface area contributed by atoms with Crippen molar-refractivity contribution in [2.45, 2.75) is 37.9 Å². The molecule has 3 rings (SSSR count). The molecule has 24 heavy (non-hydrogen) atoms. The van der Waals surface area contributed by atoms with E-state index in [1.165, 1.54) is 11.1 Å². The molecule has 2 aromatic rings. The molecule has 0 spiro atoms. The maximum Gasteiger partial charge on any atom is 0.175 e. The van der Waals surface area contributed by atoms with Crippen LogP contribution in [0.25, 0.3) is 0 Å². The molecule has 0 saturated carbocycles. The van der Waals surface area contributed by atoms with Gasteiger partial charge in [0, 0.05) is 19.7 Å². The zero-order valence-corrected chi connectivity index (χ0v) is 14.2. The molecule has 0 radical (unpaired) electrons. The minimum atomic E-state index is -0.565. The number of methoxy groups -OCH3 is 1. The van der Waals surface area contributed by atoms with Crippen molar-refractivity contribution in [2.75, 3.05) is 13.7 Å². The summed E-state index contributed by atoms with van der Waals surface area (Å²) in [6, 6.07) is 20.6. The van der Waals surface area contributed by atoms with Crippen LogP contribution in [0.5, 0.6) is 0 Å². The quantitative estimate of drug-likeness (QED) is 0.886. The van der Waals surface area contributed by atoms with Gasteiger partial charge in [-0.3, -0.25) is 4.90 Å². The Kier molecular flexibility index (Phi) is 5.63. The first-order chi connectivity index (χ1) is 11.7. The van der Waals surface area contributed by atoms with E-state index in [0.717, 1.165) is 6.54 Å². The Balaban J connectivity index is 1.91. The van der Waals surface area contributed by atoms with E-state index >= 15 is 0 Å². The van der Waals surface area contributed by atoms with E-state index in [1.54, 1.807) is 7.11 Å². The van der Waals surface area contributed by atoms with Crippen LogP contribution in [0, 0.1) is 0 Å². The number of aliphatic hydroxyl groups is 1. The van der Waals surface area contributed by atoms with Gasteiger partial charge in [0.15, 0.2) is 6.29 Å². The van der Waals surface area contributed by atoms with Crippen LogP contribution in [-0.4, -0.2) is 42.2 Å². The smallest absolute Gasteiger partial charge is 0.175 e. The Morgan fingerprint density at radius 1 is 1.12 bits per heavy atom. The Hall–Kier alpha value is -1.72. The molecule has 1 saturated heterocycles. The Labute approximate surface area is 143 Å². The van der Waals surface area contributed by atoms with E-state index in [1.807, 2.05) is 36.4 Å². The first kappa shape index (κ1) is 17.1. The average Bonchev–Trinajstić information content (AvgIpc) is 3.01. The van der Waals surface area contributed by atoms with Crippen LogP contribution >= 0.6 is 0 Å². The number of nitrogens with zero attached hydrogens (tertiary/aromatic N) is 1. The first-order valence-corrected chi connectivity index (χ1v) is 8.38. The van der Waals surface area contributed by atoms with Crippen molar-refractivity contribution in [3.8, 4) is 0 Å². The van der Waals surface area contributed by atoms with Gasteiger partial charge < -0.3 is 14.6 Å². The molecule has 1 heterocycles. The number of rotatable bonds is 6. The fourth-order valence-corrected chi connectivity index (χ4v) is 3.37. The number of hydrogen-bond donors (Lipinski definition) is 1. The van der Waals surface area contributed by atoms with Crippen molar-refractivity contribution in [1.82, 2.24) is 4.90 Å². The van der Waals surface area contributed by atoms with Gasteiger partial charge in [0.05, 0.1) is 18.8 Å². The maximum atomic E-state index is 10.5. The van der Waals surface area contributed by atoms with Gasteiger partial charge in [-0.15, -0.1) is 0 Å². The summed E-state index contributed by atoms with van der Waals surface area (Å²) in [5.41, 5.74) is 2.41. The Bertz CT molecular complexity index is 619. The third kappa shape index (κ3) is 3.68. The topological polar surface area (TPSA) is 41.9 Å². The molecule has 0 unspecified atom stereocenters. The molecular weight excluding hydrogens is 302 g/mol. The normalized spacial score (nSPS) is 25.1. The van der Waals surface area contributed by atoms with E-state index in [0.29, 0.717) is 6.61 Å². The van der Waals surface area contributed by atoms with Crippen LogP contribution in [0.4, 0.5) is 0 Å². The lowest BCUT2D eigenvalue weighted by Gasteiger charge is -2.37. The third-order valence-corrected chi connectivity index (χ3v) is 4.71. The van der Waals surface area contributed by atoms with Gasteiger partial charge in [-0.2, -0.15) is 0 Å². The predicted molar refractivity (Wildman–Crippen MR) is 93.4 cm³/mol. The fraction of sp³-hybridized carbons (Fsp3) is 0.400. The second-order valence-electron chi connectivity index (χ2n) is 6.24. The van der Waals surface area contributed by atoms with Gasteiger partial charge in [-0.1, -0.05) is 60.7 Å². The van der Waals surface area contributed by atoms with Gasteiger partial charge in [-0.05, 0) is 18.1 Å². The lowest BCUT2D eigenvalue weighted by Crippen LogP contribution is -2.48. The maximum absolute atomic E-state index is 10.5. The minimum Gasteiger partial charge on any atom is -0.389 e. The molecule has 1 aliphatic heterocycles. The highest BCUT2D eigenvalue weighted by Crippen LogP contribution is 2.31.